The average Bonchev–Trinajstić information content (AvgIpc) is 2.07. The molecular formula is C6H10N2O6S. The van der Waals surface area contributed by atoms with Crippen LogP contribution in [0.2, 0.25) is 0 Å². The van der Waals surface area contributed by atoms with Gasteiger partial charge in [-0.05, 0) is 0 Å². The molecule has 0 aliphatic carbocycles. The van der Waals surface area contributed by atoms with Crippen LogP contribution in [0.4, 0.5) is 4.79 Å². The molecule has 15 heavy (non-hydrogen) atoms. The molecule has 0 saturated carbocycles. The van der Waals surface area contributed by atoms with Crippen molar-refractivity contribution in [3.8, 4) is 0 Å². The summed E-state index contributed by atoms with van der Waals surface area (Å²) in [6.07, 6.45) is -1.07. The standard InChI is InChI=1S/C6H10N2O6S/c1-3-4(2-14-6(7)10)8(5(3)9)15(11,12)13/h3-4H,2H2,1H3,(H2,7,10)(H,11,12,13)/t3-,4+/m0/s1. The van der Waals surface area contributed by atoms with Crippen LogP contribution < -0.4 is 5.73 Å². The molecule has 1 aliphatic rings. The number of nitrogens with two attached hydrogens (primary N) is 1. The van der Waals surface area contributed by atoms with Crippen molar-refractivity contribution in [3.63, 3.8) is 0 Å². The van der Waals surface area contributed by atoms with Crippen molar-refractivity contribution < 1.29 is 27.3 Å². The predicted octanol–water partition coefficient (Wildman–Crippen LogP) is -1.27. The average molecular weight is 238 g/mol. The number of ether oxygens (including phenoxy) is 1. The van der Waals surface area contributed by atoms with Gasteiger partial charge in [-0.25, -0.2) is 9.10 Å². The van der Waals surface area contributed by atoms with E-state index in [1.165, 1.54) is 6.92 Å². The van der Waals surface area contributed by atoms with Crippen LogP contribution in [-0.4, -0.2) is 41.9 Å². The van der Waals surface area contributed by atoms with Crippen LogP contribution in [0.3, 0.4) is 0 Å². The highest BCUT2D eigenvalue weighted by Gasteiger charge is 2.51. The minimum atomic E-state index is -4.59. The summed E-state index contributed by atoms with van der Waals surface area (Å²) < 4.78 is 34.7. The Bertz CT molecular complexity index is 390. The molecule has 9 heteroatoms. The summed E-state index contributed by atoms with van der Waals surface area (Å²) in [6, 6.07) is -0.889. The van der Waals surface area contributed by atoms with Crippen molar-refractivity contribution in [1.82, 2.24) is 4.31 Å². The first-order valence-corrected chi connectivity index (χ1v) is 5.37. The fourth-order valence-corrected chi connectivity index (χ4v) is 2.29. The van der Waals surface area contributed by atoms with Crippen LogP contribution in [0.25, 0.3) is 0 Å². The topological polar surface area (TPSA) is 127 Å². The van der Waals surface area contributed by atoms with Gasteiger partial charge >= 0.3 is 16.4 Å². The molecule has 1 heterocycles. The Labute approximate surface area is 85.9 Å². The van der Waals surface area contributed by atoms with E-state index < -0.39 is 34.3 Å². The van der Waals surface area contributed by atoms with Crippen molar-refractivity contribution in [1.29, 1.82) is 0 Å². The van der Waals surface area contributed by atoms with Crippen molar-refractivity contribution in [2.24, 2.45) is 11.7 Å². The van der Waals surface area contributed by atoms with Gasteiger partial charge in [0.2, 0.25) is 5.91 Å². The first-order valence-electron chi connectivity index (χ1n) is 3.98. The Hall–Kier alpha value is -1.35. The van der Waals surface area contributed by atoms with Gasteiger partial charge in [0.1, 0.15) is 6.61 Å². The van der Waals surface area contributed by atoms with E-state index in [2.05, 4.69) is 10.5 Å². The molecule has 0 radical (unpaired) electrons. The van der Waals surface area contributed by atoms with Crippen LogP contribution in [-0.2, 0) is 19.8 Å². The molecule has 2 atom stereocenters. The highest BCUT2D eigenvalue weighted by atomic mass is 32.2. The maximum atomic E-state index is 11.1. The molecule has 0 aromatic carbocycles. The second kappa shape index (κ2) is 3.66. The van der Waals surface area contributed by atoms with Gasteiger partial charge in [-0.3, -0.25) is 9.35 Å². The van der Waals surface area contributed by atoms with Gasteiger partial charge in [-0.15, -0.1) is 0 Å². The third kappa shape index (κ3) is 2.18. The number of nitrogens with zero attached hydrogens (tertiary/aromatic N) is 1. The van der Waals surface area contributed by atoms with Gasteiger partial charge in [0.25, 0.3) is 0 Å². The Kier molecular flexibility index (Phi) is 2.86. The Morgan fingerprint density at radius 1 is 1.67 bits per heavy atom. The highest BCUT2D eigenvalue weighted by Crippen LogP contribution is 2.28. The molecule has 1 saturated heterocycles. The summed E-state index contributed by atoms with van der Waals surface area (Å²) in [6.45, 7) is 1.10. The number of carbonyl (C=O) groups is 2. The molecule has 0 aromatic heterocycles. The molecule has 0 bridgehead atoms. The monoisotopic (exact) mass is 238 g/mol. The molecule has 1 aliphatic heterocycles. The van der Waals surface area contributed by atoms with E-state index in [9.17, 15) is 18.0 Å². The third-order valence-corrected chi connectivity index (χ3v) is 3.08. The molecule has 1 fully saturated rings. The number of hydrogen-bond donors (Lipinski definition) is 2. The molecule has 1 rings (SSSR count). The van der Waals surface area contributed by atoms with Gasteiger partial charge in [0.05, 0.1) is 12.0 Å². The summed E-state index contributed by atoms with van der Waals surface area (Å²) in [7, 11) is -4.59. The number of hydrogen-bond acceptors (Lipinski definition) is 5. The van der Waals surface area contributed by atoms with Gasteiger partial charge in [0, 0.05) is 0 Å². The minimum absolute atomic E-state index is 0.264. The van der Waals surface area contributed by atoms with Crippen LogP contribution in [0.5, 0.6) is 0 Å². The Balaban J connectivity index is 2.72. The molecule has 0 aromatic rings. The van der Waals surface area contributed by atoms with E-state index in [1.54, 1.807) is 0 Å². The largest absolute Gasteiger partial charge is 0.447 e. The fourth-order valence-electron chi connectivity index (χ4n) is 1.31. The molecule has 3 N–H and O–H groups in total. The molecule has 86 valence electrons. The number of rotatable bonds is 3. The Morgan fingerprint density at radius 3 is 2.60 bits per heavy atom. The Morgan fingerprint density at radius 2 is 2.20 bits per heavy atom. The maximum absolute atomic E-state index is 11.1. The molecule has 2 amide bonds. The van der Waals surface area contributed by atoms with Gasteiger partial charge < -0.3 is 10.5 Å². The first-order chi connectivity index (χ1) is 6.75. The van der Waals surface area contributed by atoms with Gasteiger partial charge in [-0.1, -0.05) is 6.92 Å². The van der Waals surface area contributed by atoms with E-state index in [4.69, 9.17) is 4.55 Å². The normalized spacial score (nSPS) is 26.0. The van der Waals surface area contributed by atoms with Crippen molar-refractivity contribution >= 4 is 22.3 Å². The van der Waals surface area contributed by atoms with E-state index >= 15 is 0 Å². The summed E-state index contributed by atoms with van der Waals surface area (Å²) in [5, 5.41) is 0. The van der Waals surface area contributed by atoms with Crippen LogP contribution >= 0.6 is 0 Å². The number of primary amides is 1. The second-order valence-electron chi connectivity index (χ2n) is 3.10. The molecular weight excluding hydrogens is 228 g/mol. The van der Waals surface area contributed by atoms with E-state index in [-0.39, 0.29) is 10.9 Å². The van der Waals surface area contributed by atoms with Gasteiger partial charge in [-0.2, -0.15) is 8.42 Å². The van der Waals surface area contributed by atoms with E-state index in [1.807, 2.05) is 0 Å². The summed E-state index contributed by atoms with van der Waals surface area (Å²) in [5.41, 5.74) is 4.68. The zero-order chi connectivity index (χ0) is 11.8. The smallest absolute Gasteiger partial charge is 0.404 e. The number of β-lactam (4-membered cyclic amide) rings is 1. The first kappa shape index (κ1) is 11.7. The quantitative estimate of drug-likeness (QED) is 0.466. The lowest BCUT2D eigenvalue weighted by Crippen LogP contribution is -2.63. The van der Waals surface area contributed by atoms with Crippen LogP contribution in [0, 0.1) is 5.92 Å². The fraction of sp³-hybridized carbons (Fsp3) is 0.667. The maximum Gasteiger partial charge on any atom is 0.404 e. The van der Waals surface area contributed by atoms with E-state index in [0.29, 0.717) is 0 Å². The minimum Gasteiger partial charge on any atom is -0.447 e. The SMILES string of the molecule is C[C@@H]1C(=O)N(S(=O)(=O)O)[C@@H]1COC(N)=O. The second-order valence-corrected chi connectivity index (χ2v) is 4.39. The molecule has 0 unspecified atom stereocenters. The summed E-state index contributed by atoms with van der Waals surface area (Å²) >= 11 is 0. The zero-order valence-corrected chi connectivity index (χ0v) is 8.60. The highest BCUT2D eigenvalue weighted by molar-refractivity contribution is 7.84. The van der Waals surface area contributed by atoms with E-state index in [0.717, 1.165) is 0 Å². The molecule has 8 nitrogen and oxygen atoms in total. The van der Waals surface area contributed by atoms with Gasteiger partial charge in [0.15, 0.2) is 0 Å². The van der Waals surface area contributed by atoms with Crippen molar-refractivity contribution in [3.05, 3.63) is 0 Å². The van der Waals surface area contributed by atoms with Crippen LogP contribution in [0.1, 0.15) is 6.92 Å². The van der Waals surface area contributed by atoms with Crippen molar-refractivity contribution in [2.75, 3.05) is 6.61 Å². The summed E-state index contributed by atoms with van der Waals surface area (Å²) in [5.74, 6) is -1.37. The number of amides is 2. The third-order valence-electron chi connectivity index (χ3n) is 2.13. The lowest BCUT2D eigenvalue weighted by molar-refractivity contribution is -0.147. The predicted molar refractivity (Wildman–Crippen MR) is 46.9 cm³/mol. The lowest BCUT2D eigenvalue weighted by Gasteiger charge is -2.41. The zero-order valence-electron chi connectivity index (χ0n) is 7.78. The van der Waals surface area contributed by atoms with Crippen LogP contribution in [0.15, 0.2) is 0 Å². The lowest BCUT2D eigenvalue weighted by atomic mass is 9.93. The summed E-state index contributed by atoms with van der Waals surface area (Å²) in [4.78, 5) is 21.4. The molecule has 0 spiro atoms. The number of carbonyl (C=O) groups excluding carboxylic acids is 2. The van der Waals surface area contributed by atoms with Crippen molar-refractivity contribution in [2.45, 2.75) is 13.0 Å².